The first-order valence-corrected chi connectivity index (χ1v) is 33.2. The number of nitrogens with one attached hydrogen (secondary N) is 2. The first-order chi connectivity index (χ1) is 40.7. The summed E-state index contributed by atoms with van der Waals surface area (Å²) in [6.45, 7) is 10.6. The fraction of sp³-hybridized carbons (Fsp3) is 0.676. The van der Waals surface area contributed by atoms with Crippen molar-refractivity contribution in [3.8, 4) is 0 Å². The lowest BCUT2D eigenvalue weighted by Crippen LogP contribution is -2.59. The van der Waals surface area contributed by atoms with E-state index in [0.29, 0.717) is 37.0 Å². The SMILES string of the molecule is CC(C)(C)OC(=O)N1CCC2(CC1)CC(CC(=O)O)c1ccccc12.Cl.NC1C2CC3CC(C2)CC1C3.O=C(O)CC1CC2(CCN(C(=O)NC3C4CC5CC(C4)CC3C5)CC2)c2ccccc21.O=C(O)CC1CC2(CCNCC2)c2ccccc21. The molecule has 11 aliphatic carbocycles. The summed E-state index contributed by atoms with van der Waals surface area (Å²) in [5.74, 6) is 5.49. The fourth-order valence-corrected chi connectivity index (χ4v) is 20.5. The van der Waals surface area contributed by atoms with Crippen LogP contribution in [0.4, 0.5) is 9.59 Å². The molecule has 15 heteroatoms. The Morgan fingerprint density at radius 3 is 1.22 bits per heavy atom. The number of aliphatic carboxylic acids is 3. The number of hydrogen-bond acceptors (Lipinski definition) is 8. The second-order valence-corrected chi connectivity index (χ2v) is 30.2. The molecule has 17 rings (SSSR count). The van der Waals surface area contributed by atoms with Crippen molar-refractivity contribution >= 4 is 42.4 Å². The predicted octanol–water partition coefficient (Wildman–Crippen LogP) is 12.9. The Morgan fingerprint density at radius 2 is 0.860 bits per heavy atom. The van der Waals surface area contributed by atoms with Crippen molar-refractivity contribution in [3.63, 3.8) is 0 Å². The molecule has 86 heavy (non-hydrogen) atoms. The average molecular weight is 1200 g/mol. The molecule has 3 saturated heterocycles. The van der Waals surface area contributed by atoms with Crippen molar-refractivity contribution in [1.29, 1.82) is 0 Å². The maximum Gasteiger partial charge on any atom is 0.410 e. The summed E-state index contributed by atoms with van der Waals surface area (Å²) in [4.78, 5) is 63.0. The minimum Gasteiger partial charge on any atom is -0.481 e. The quantitative estimate of drug-likeness (QED) is 0.131. The van der Waals surface area contributed by atoms with Crippen LogP contribution in [0.25, 0.3) is 0 Å². The van der Waals surface area contributed by atoms with E-state index >= 15 is 0 Å². The summed E-state index contributed by atoms with van der Waals surface area (Å²) in [7, 11) is 0. The van der Waals surface area contributed by atoms with Crippen molar-refractivity contribution < 1.29 is 44.0 Å². The molecule has 3 aromatic rings. The largest absolute Gasteiger partial charge is 0.481 e. The van der Waals surface area contributed by atoms with Crippen LogP contribution in [0.5, 0.6) is 0 Å². The number of halogens is 1. The molecule has 14 aliphatic rings. The van der Waals surface area contributed by atoms with E-state index in [9.17, 15) is 34.2 Å². The van der Waals surface area contributed by atoms with Crippen LogP contribution in [0.3, 0.4) is 0 Å². The van der Waals surface area contributed by atoms with Gasteiger partial charge in [0, 0.05) is 38.3 Å². The van der Waals surface area contributed by atoms with E-state index < -0.39 is 23.5 Å². The van der Waals surface area contributed by atoms with Gasteiger partial charge in [-0.15, -0.1) is 12.4 Å². The zero-order chi connectivity index (χ0) is 59.4. The van der Waals surface area contributed by atoms with Gasteiger partial charge >= 0.3 is 30.0 Å². The Kier molecular flexibility index (Phi) is 18.4. The number of hydrogen-bond donors (Lipinski definition) is 6. The molecule has 7 N–H and O–H groups in total. The van der Waals surface area contributed by atoms with Crippen LogP contribution in [0.15, 0.2) is 72.8 Å². The van der Waals surface area contributed by atoms with E-state index in [1.54, 1.807) is 11.3 Å². The first kappa shape index (κ1) is 62.4. The number of piperidine rings is 3. The summed E-state index contributed by atoms with van der Waals surface area (Å²) >= 11 is 0. The highest BCUT2D eigenvalue weighted by Gasteiger charge is 2.52. The van der Waals surface area contributed by atoms with E-state index in [1.165, 1.54) is 91.2 Å². The zero-order valence-corrected chi connectivity index (χ0v) is 52.2. The molecule has 0 aromatic heterocycles. The van der Waals surface area contributed by atoms with Crippen LogP contribution in [0.1, 0.15) is 213 Å². The zero-order valence-electron chi connectivity index (χ0n) is 51.4. The van der Waals surface area contributed by atoms with Crippen LogP contribution in [0, 0.1) is 47.3 Å². The standard InChI is InChI=1S/C26H34N2O3.C20H27NO4.C15H19NO2.C10H17N.ClH/c29-23(30)14-20-15-26(22-4-2-1-3-21(20)22)5-7-28(8-6-26)25(31)27-24-18-10-16-9-17(12-18)13-19(24)11-16;1-19(2,3)25-18(24)21-10-8-20(9-11-21)13-14(12-17(22)23)15-6-4-5-7-16(15)20;17-14(18)9-11-10-15(5-7-16-8-6-15)13-4-2-1-3-12(11)13;11-10-8-2-6-1-7(4-8)5-9(10)3-6;/h1-4,16-20,24H,5-15H2,(H,27,31)(H,29,30);4-7,14H,8-13H2,1-3H3,(H,22,23);1-4,11,16H,5-10H2,(H,17,18);6-10H,1-5,11H2;1H. The second kappa shape index (κ2) is 25.4. The molecule has 3 aliphatic heterocycles. The number of carboxylic acid groups (broad SMARTS) is 3. The average Bonchev–Trinajstić information content (AvgIpc) is 1.72. The van der Waals surface area contributed by atoms with Crippen LogP contribution >= 0.6 is 12.4 Å². The molecule has 3 atom stereocenters. The van der Waals surface area contributed by atoms with Gasteiger partial charge in [0.25, 0.3) is 0 Å². The van der Waals surface area contributed by atoms with Crippen LogP contribution in [0.2, 0.25) is 0 Å². The normalized spacial score (nSPS) is 32.7. The lowest BCUT2D eigenvalue weighted by Gasteiger charge is -2.54. The molecule has 11 fully saturated rings. The lowest BCUT2D eigenvalue weighted by molar-refractivity contribution is -0.138. The summed E-state index contributed by atoms with van der Waals surface area (Å²) < 4.78 is 5.48. The highest BCUT2D eigenvalue weighted by atomic mass is 35.5. The number of nitrogens with zero attached hydrogens (tertiary/aromatic N) is 2. The molecule has 3 heterocycles. The number of rotatable bonds is 7. The van der Waals surface area contributed by atoms with Gasteiger partial charge in [-0.2, -0.15) is 0 Å². The van der Waals surface area contributed by atoms with E-state index in [2.05, 4.69) is 59.2 Å². The number of carboxylic acids is 3. The number of urea groups is 1. The minimum absolute atomic E-state index is 0. The monoisotopic (exact) mass is 1200 g/mol. The van der Waals surface area contributed by atoms with Gasteiger partial charge < -0.3 is 46.2 Å². The number of nitrogens with two attached hydrogens (primary N) is 1. The molecule has 8 bridgehead atoms. The topological polar surface area (TPSA) is 212 Å². The van der Waals surface area contributed by atoms with Gasteiger partial charge in [0.1, 0.15) is 5.60 Å². The summed E-state index contributed by atoms with van der Waals surface area (Å²) in [5, 5.41) is 34.6. The smallest absolute Gasteiger partial charge is 0.410 e. The van der Waals surface area contributed by atoms with Crippen molar-refractivity contribution in [1.82, 2.24) is 20.4 Å². The van der Waals surface area contributed by atoms with E-state index in [0.717, 1.165) is 119 Å². The summed E-state index contributed by atoms with van der Waals surface area (Å²) in [6.07, 6.45) is 23.2. The van der Waals surface area contributed by atoms with Gasteiger partial charge in [0.15, 0.2) is 0 Å². The second-order valence-electron chi connectivity index (χ2n) is 30.2. The van der Waals surface area contributed by atoms with Crippen LogP contribution < -0.4 is 16.4 Å². The van der Waals surface area contributed by atoms with Crippen molar-refractivity contribution in [2.45, 2.75) is 214 Å². The van der Waals surface area contributed by atoms with Crippen molar-refractivity contribution in [2.24, 2.45) is 53.1 Å². The number of ether oxygens (including phenoxy) is 1. The Hall–Kier alpha value is -5.18. The molecule has 468 valence electrons. The van der Waals surface area contributed by atoms with Gasteiger partial charge in [-0.1, -0.05) is 72.8 Å². The maximum absolute atomic E-state index is 13.2. The van der Waals surface area contributed by atoms with E-state index in [1.807, 2.05) is 49.9 Å². The molecule has 14 nitrogen and oxygen atoms in total. The number of benzene rings is 3. The number of amides is 3. The van der Waals surface area contributed by atoms with E-state index in [4.69, 9.17) is 15.6 Å². The van der Waals surface area contributed by atoms with E-state index in [-0.39, 0.29) is 77.8 Å². The Labute approximate surface area is 516 Å². The maximum atomic E-state index is 13.2. The van der Waals surface area contributed by atoms with Gasteiger partial charge in [-0.05, 0) is 271 Å². The third kappa shape index (κ3) is 13.0. The van der Waals surface area contributed by atoms with Gasteiger partial charge in [0.05, 0.1) is 19.3 Å². The lowest BCUT2D eigenvalue weighted by atomic mass is 9.54. The number of likely N-dealkylation sites (tertiary alicyclic amines) is 2. The highest BCUT2D eigenvalue weighted by Crippen LogP contribution is 2.57. The molecule has 8 saturated carbocycles. The molecule has 3 spiro atoms. The van der Waals surface area contributed by atoms with Crippen LogP contribution in [-0.4, -0.2) is 112 Å². The van der Waals surface area contributed by atoms with Gasteiger partial charge in [-0.3, -0.25) is 14.4 Å². The molecular weight excluding hydrogens is 1100 g/mol. The molecule has 3 unspecified atom stereocenters. The third-order valence-corrected chi connectivity index (χ3v) is 23.8. The molecular formula is C71H98ClN5O9. The van der Waals surface area contributed by atoms with Crippen molar-refractivity contribution in [2.75, 3.05) is 39.3 Å². The predicted molar refractivity (Wildman–Crippen MR) is 335 cm³/mol. The highest BCUT2D eigenvalue weighted by molar-refractivity contribution is 5.85. The molecule has 0 radical (unpaired) electrons. The van der Waals surface area contributed by atoms with Crippen LogP contribution in [-0.2, 0) is 35.4 Å². The number of fused-ring (bicyclic) bond motifs is 6. The summed E-state index contributed by atoms with van der Waals surface area (Å²) in [6, 6.07) is 26.2. The van der Waals surface area contributed by atoms with Crippen molar-refractivity contribution in [3.05, 3.63) is 106 Å². The fourth-order valence-electron chi connectivity index (χ4n) is 20.5. The van der Waals surface area contributed by atoms with Gasteiger partial charge in [-0.25, -0.2) is 9.59 Å². The third-order valence-electron chi connectivity index (χ3n) is 23.8. The summed E-state index contributed by atoms with van der Waals surface area (Å²) in [5.41, 5.74) is 13.7. The molecule has 3 amide bonds. The van der Waals surface area contributed by atoms with Gasteiger partial charge in [0.2, 0.25) is 0 Å². The minimum atomic E-state index is -0.747. The number of carbonyl (C=O) groups is 5. The Balaban J connectivity index is 0.000000125. The number of carbonyl (C=O) groups excluding carboxylic acids is 2. The first-order valence-electron chi connectivity index (χ1n) is 33.2. The molecule has 3 aromatic carbocycles. The Morgan fingerprint density at radius 1 is 0.523 bits per heavy atom. The Bertz CT molecular complexity index is 2880.